The smallest absolute Gasteiger partial charge is 0.201 e. The SMILES string of the molecule is Cc1ccc(-n2nnnc2Sc2ccc3nnc(C(F)F)n3n2)cc1C. The Kier molecular flexibility index (Phi) is 4.07. The lowest BCUT2D eigenvalue weighted by atomic mass is 10.1. The molecule has 1 aromatic carbocycles. The Labute approximate surface area is 150 Å². The molecular formula is C15H12F2N8S. The maximum atomic E-state index is 13.0. The summed E-state index contributed by atoms with van der Waals surface area (Å²) >= 11 is 1.16. The van der Waals surface area contributed by atoms with Crippen LogP contribution in [0.1, 0.15) is 23.4 Å². The molecule has 0 spiro atoms. The van der Waals surface area contributed by atoms with Gasteiger partial charge in [-0.15, -0.1) is 15.3 Å². The molecular weight excluding hydrogens is 362 g/mol. The molecule has 8 nitrogen and oxygen atoms in total. The minimum absolute atomic E-state index is 0.249. The molecule has 0 N–H and O–H groups in total. The number of fused-ring (bicyclic) bond motifs is 1. The molecule has 4 aromatic rings. The van der Waals surface area contributed by atoms with Gasteiger partial charge in [0.2, 0.25) is 11.0 Å². The molecule has 0 saturated carbocycles. The van der Waals surface area contributed by atoms with Gasteiger partial charge in [-0.05, 0) is 71.4 Å². The van der Waals surface area contributed by atoms with Crippen molar-refractivity contribution in [2.75, 3.05) is 0 Å². The summed E-state index contributed by atoms with van der Waals surface area (Å²) in [6, 6.07) is 9.09. The minimum atomic E-state index is -2.77. The van der Waals surface area contributed by atoms with E-state index in [1.807, 2.05) is 32.0 Å². The molecule has 0 fully saturated rings. The van der Waals surface area contributed by atoms with Crippen molar-refractivity contribution in [3.8, 4) is 5.69 Å². The van der Waals surface area contributed by atoms with E-state index in [2.05, 4.69) is 30.8 Å². The maximum Gasteiger partial charge on any atom is 0.299 e. The van der Waals surface area contributed by atoms with Crippen LogP contribution in [0.5, 0.6) is 0 Å². The van der Waals surface area contributed by atoms with Crippen molar-refractivity contribution in [3.05, 3.63) is 47.3 Å². The third-order valence-corrected chi connectivity index (χ3v) is 4.69. The van der Waals surface area contributed by atoms with E-state index in [4.69, 9.17) is 0 Å². The number of alkyl halides is 2. The van der Waals surface area contributed by atoms with E-state index in [-0.39, 0.29) is 5.65 Å². The van der Waals surface area contributed by atoms with Gasteiger partial charge in [-0.3, -0.25) is 0 Å². The highest BCUT2D eigenvalue weighted by Crippen LogP contribution is 2.27. The second kappa shape index (κ2) is 6.41. The van der Waals surface area contributed by atoms with E-state index in [0.29, 0.717) is 10.2 Å². The van der Waals surface area contributed by atoms with Crippen molar-refractivity contribution in [3.63, 3.8) is 0 Å². The number of hydrogen-bond donors (Lipinski definition) is 0. The summed E-state index contributed by atoms with van der Waals surface area (Å²) in [6.07, 6.45) is -2.77. The van der Waals surface area contributed by atoms with E-state index in [1.165, 1.54) is 0 Å². The average molecular weight is 374 g/mol. The Bertz CT molecular complexity index is 1090. The number of rotatable bonds is 4. The fourth-order valence-electron chi connectivity index (χ4n) is 2.33. The Morgan fingerprint density at radius 3 is 2.62 bits per heavy atom. The lowest BCUT2D eigenvalue weighted by Crippen LogP contribution is -2.02. The van der Waals surface area contributed by atoms with E-state index in [1.54, 1.807) is 16.8 Å². The van der Waals surface area contributed by atoms with Gasteiger partial charge < -0.3 is 0 Å². The second-order valence-electron chi connectivity index (χ2n) is 5.54. The lowest BCUT2D eigenvalue weighted by Gasteiger charge is -2.07. The monoisotopic (exact) mass is 374 g/mol. The molecule has 0 atom stereocenters. The molecule has 11 heteroatoms. The third kappa shape index (κ3) is 2.90. The summed E-state index contributed by atoms with van der Waals surface area (Å²) in [4.78, 5) is 0. The van der Waals surface area contributed by atoms with Crippen LogP contribution in [0, 0.1) is 13.8 Å². The lowest BCUT2D eigenvalue weighted by molar-refractivity contribution is 0.137. The molecule has 0 bridgehead atoms. The number of tetrazole rings is 1. The van der Waals surface area contributed by atoms with Crippen LogP contribution in [-0.2, 0) is 0 Å². The number of nitrogens with zero attached hydrogens (tertiary/aromatic N) is 8. The van der Waals surface area contributed by atoms with Crippen molar-refractivity contribution in [1.82, 2.24) is 40.0 Å². The fourth-order valence-corrected chi connectivity index (χ4v) is 3.09. The summed E-state index contributed by atoms with van der Waals surface area (Å²) in [6.45, 7) is 4.02. The van der Waals surface area contributed by atoms with E-state index >= 15 is 0 Å². The molecule has 3 aromatic heterocycles. The third-order valence-electron chi connectivity index (χ3n) is 3.83. The molecule has 0 unspecified atom stereocenters. The van der Waals surface area contributed by atoms with Crippen molar-refractivity contribution in [1.29, 1.82) is 0 Å². The fraction of sp³-hybridized carbons (Fsp3) is 0.200. The Morgan fingerprint density at radius 2 is 1.85 bits per heavy atom. The van der Waals surface area contributed by atoms with Crippen LogP contribution in [0.15, 0.2) is 40.5 Å². The van der Waals surface area contributed by atoms with Crippen molar-refractivity contribution >= 4 is 17.4 Å². The Hall–Kier alpha value is -2.95. The number of aromatic nitrogens is 8. The van der Waals surface area contributed by atoms with E-state index < -0.39 is 12.2 Å². The molecule has 0 amide bonds. The zero-order valence-corrected chi connectivity index (χ0v) is 14.5. The van der Waals surface area contributed by atoms with Crippen LogP contribution in [0.2, 0.25) is 0 Å². The van der Waals surface area contributed by atoms with Crippen LogP contribution in [0.3, 0.4) is 0 Å². The molecule has 0 aliphatic heterocycles. The molecule has 26 heavy (non-hydrogen) atoms. The molecule has 0 aliphatic carbocycles. The molecule has 3 heterocycles. The summed E-state index contributed by atoms with van der Waals surface area (Å²) in [5.41, 5.74) is 3.33. The van der Waals surface area contributed by atoms with Gasteiger partial charge in [0.25, 0.3) is 6.43 Å². The first-order valence-electron chi connectivity index (χ1n) is 7.57. The highest BCUT2D eigenvalue weighted by molar-refractivity contribution is 7.99. The number of halogens is 2. The Morgan fingerprint density at radius 1 is 1.00 bits per heavy atom. The van der Waals surface area contributed by atoms with Gasteiger partial charge in [0, 0.05) is 0 Å². The molecule has 0 saturated heterocycles. The van der Waals surface area contributed by atoms with Gasteiger partial charge in [0.05, 0.1) is 5.69 Å². The van der Waals surface area contributed by atoms with Gasteiger partial charge in [-0.25, -0.2) is 8.78 Å². The first-order valence-corrected chi connectivity index (χ1v) is 8.39. The quantitative estimate of drug-likeness (QED) is 0.543. The first-order chi connectivity index (χ1) is 12.5. The summed E-state index contributed by atoms with van der Waals surface area (Å²) in [7, 11) is 0. The standard InChI is InChI=1S/C15H12F2N8S/c1-8-3-4-10(7-9(8)2)24-15(20-22-23-24)26-12-6-5-11-18-19-14(13(16)17)25(11)21-12/h3-7,13H,1-2H3. The van der Waals surface area contributed by atoms with Crippen molar-refractivity contribution in [2.24, 2.45) is 0 Å². The van der Waals surface area contributed by atoms with Crippen LogP contribution in [0.4, 0.5) is 8.78 Å². The van der Waals surface area contributed by atoms with Crippen LogP contribution < -0.4 is 0 Å². The van der Waals surface area contributed by atoms with Crippen molar-refractivity contribution in [2.45, 2.75) is 30.5 Å². The topological polar surface area (TPSA) is 86.7 Å². The van der Waals surface area contributed by atoms with Crippen LogP contribution in [-0.4, -0.2) is 40.0 Å². The van der Waals surface area contributed by atoms with Gasteiger partial charge in [-0.2, -0.15) is 14.3 Å². The van der Waals surface area contributed by atoms with Gasteiger partial charge >= 0.3 is 0 Å². The minimum Gasteiger partial charge on any atom is -0.201 e. The summed E-state index contributed by atoms with van der Waals surface area (Å²) < 4.78 is 28.6. The predicted octanol–water partition coefficient (Wildman–Crippen LogP) is 2.81. The normalized spacial score (nSPS) is 11.6. The zero-order valence-electron chi connectivity index (χ0n) is 13.7. The van der Waals surface area contributed by atoms with E-state index in [9.17, 15) is 8.78 Å². The van der Waals surface area contributed by atoms with E-state index in [0.717, 1.165) is 33.1 Å². The maximum absolute atomic E-state index is 13.0. The van der Waals surface area contributed by atoms with Crippen LogP contribution in [0.25, 0.3) is 11.3 Å². The van der Waals surface area contributed by atoms with Gasteiger partial charge in [-0.1, -0.05) is 6.07 Å². The van der Waals surface area contributed by atoms with Gasteiger partial charge in [0.15, 0.2) is 5.65 Å². The van der Waals surface area contributed by atoms with Gasteiger partial charge in [0.1, 0.15) is 5.03 Å². The zero-order chi connectivity index (χ0) is 18.3. The van der Waals surface area contributed by atoms with Crippen molar-refractivity contribution < 1.29 is 8.78 Å². The molecule has 0 aliphatic rings. The predicted molar refractivity (Wildman–Crippen MR) is 88.5 cm³/mol. The highest BCUT2D eigenvalue weighted by atomic mass is 32.2. The highest BCUT2D eigenvalue weighted by Gasteiger charge is 2.18. The summed E-state index contributed by atoms with van der Waals surface area (Å²) in [5, 5.41) is 23.9. The number of aryl methyl sites for hydroxylation is 2. The average Bonchev–Trinajstić information content (AvgIpc) is 3.24. The first kappa shape index (κ1) is 16.5. The second-order valence-corrected chi connectivity index (χ2v) is 6.53. The molecule has 132 valence electrons. The number of hydrogen-bond acceptors (Lipinski definition) is 7. The summed E-state index contributed by atoms with van der Waals surface area (Å²) in [5.74, 6) is -0.504. The largest absolute Gasteiger partial charge is 0.299 e. The molecule has 4 rings (SSSR count). The van der Waals surface area contributed by atoms with Crippen LogP contribution >= 0.6 is 11.8 Å². The number of benzene rings is 1. The Balaban J connectivity index is 1.70. The molecule has 0 radical (unpaired) electrons.